The Kier molecular flexibility index (Phi) is 5.75. The summed E-state index contributed by atoms with van der Waals surface area (Å²) in [6, 6.07) is 0. The molecule has 6 heteroatoms. The summed E-state index contributed by atoms with van der Waals surface area (Å²) in [6.45, 7) is 8.12. The number of hydrogen-bond donors (Lipinski definition) is 2. The molecule has 1 fully saturated rings. The predicted octanol–water partition coefficient (Wildman–Crippen LogP) is 0.467. The molecule has 0 aromatic carbocycles. The lowest BCUT2D eigenvalue weighted by Crippen LogP contribution is -2.47. The van der Waals surface area contributed by atoms with Crippen LogP contribution in [0.15, 0.2) is 0 Å². The lowest BCUT2D eigenvalue weighted by molar-refractivity contribution is -0.147. The Morgan fingerprint density at radius 1 is 1.42 bits per heavy atom. The molecule has 1 aliphatic heterocycles. The molecule has 1 aliphatic rings. The second-order valence-electron chi connectivity index (χ2n) is 5.86. The zero-order valence-corrected chi connectivity index (χ0v) is 11.9. The van der Waals surface area contributed by atoms with Crippen LogP contribution in [0.25, 0.3) is 0 Å². The highest BCUT2D eigenvalue weighted by molar-refractivity contribution is 5.76. The maximum absolute atomic E-state index is 12.0. The first-order valence-electron chi connectivity index (χ1n) is 6.64. The largest absolute Gasteiger partial charge is 0.481 e. The van der Waals surface area contributed by atoms with Crippen LogP contribution in [0, 0.1) is 0 Å². The van der Waals surface area contributed by atoms with E-state index in [1.54, 1.807) is 4.90 Å². The molecule has 6 nitrogen and oxygen atoms in total. The average molecular weight is 272 g/mol. The van der Waals surface area contributed by atoms with E-state index in [-0.39, 0.29) is 24.0 Å². The lowest BCUT2D eigenvalue weighted by atomic mass is 10.1. The molecule has 0 spiro atoms. The highest BCUT2D eigenvalue weighted by Crippen LogP contribution is 2.10. The summed E-state index contributed by atoms with van der Waals surface area (Å²) in [7, 11) is 0. The van der Waals surface area contributed by atoms with Crippen molar-refractivity contribution in [3.05, 3.63) is 0 Å². The van der Waals surface area contributed by atoms with Gasteiger partial charge in [-0.15, -0.1) is 0 Å². The highest BCUT2D eigenvalue weighted by atomic mass is 16.5. The maximum atomic E-state index is 12.0. The number of amides is 1. The van der Waals surface area contributed by atoms with Gasteiger partial charge in [0.25, 0.3) is 0 Å². The zero-order chi connectivity index (χ0) is 14.5. The molecule has 2 N–H and O–H groups in total. The van der Waals surface area contributed by atoms with Gasteiger partial charge in [-0.2, -0.15) is 0 Å². The molecular weight excluding hydrogens is 248 g/mol. The number of hydrogen-bond acceptors (Lipinski definition) is 4. The minimum atomic E-state index is -0.895. The van der Waals surface area contributed by atoms with Gasteiger partial charge in [-0.3, -0.25) is 9.59 Å². The second kappa shape index (κ2) is 6.86. The van der Waals surface area contributed by atoms with Crippen LogP contribution in [0.4, 0.5) is 0 Å². The average Bonchev–Trinajstić information content (AvgIpc) is 2.26. The molecule has 1 atom stereocenters. The Hall–Kier alpha value is -1.14. The Balaban J connectivity index is 2.33. The number of nitrogens with zero attached hydrogens (tertiary/aromatic N) is 1. The number of carboxylic acids is 1. The summed E-state index contributed by atoms with van der Waals surface area (Å²) in [5.41, 5.74) is -0.00285. The van der Waals surface area contributed by atoms with Gasteiger partial charge >= 0.3 is 5.97 Å². The van der Waals surface area contributed by atoms with Gasteiger partial charge in [-0.05, 0) is 20.8 Å². The first kappa shape index (κ1) is 15.9. The molecule has 110 valence electrons. The Labute approximate surface area is 114 Å². The monoisotopic (exact) mass is 272 g/mol. The number of aliphatic carboxylic acids is 1. The van der Waals surface area contributed by atoms with Crippen molar-refractivity contribution in [1.82, 2.24) is 10.2 Å². The molecule has 19 heavy (non-hydrogen) atoms. The van der Waals surface area contributed by atoms with Gasteiger partial charge in [-0.25, -0.2) is 0 Å². The smallest absolute Gasteiger partial charge is 0.306 e. The van der Waals surface area contributed by atoms with Gasteiger partial charge < -0.3 is 20.1 Å². The van der Waals surface area contributed by atoms with Crippen molar-refractivity contribution in [1.29, 1.82) is 0 Å². The summed E-state index contributed by atoms with van der Waals surface area (Å²) >= 11 is 0. The molecule has 0 bridgehead atoms. The fraction of sp³-hybridized carbons (Fsp3) is 0.846. The molecule has 0 aromatic rings. The van der Waals surface area contributed by atoms with E-state index >= 15 is 0 Å². The van der Waals surface area contributed by atoms with Crippen molar-refractivity contribution in [3.8, 4) is 0 Å². The van der Waals surface area contributed by atoms with E-state index in [1.807, 2.05) is 0 Å². The molecule has 1 saturated heterocycles. The van der Waals surface area contributed by atoms with E-state index in [4.69, 9.17) is 9.84 Å². The van der Waals surface area contributed by atoms with Crippen LogP contribution in [0.2, 0.25) is 0 Å². The maximum Gasteiger partial charge on any atom is 0.306 e. The Bertz CT molecular complexity index is 325. The summed E-state index contributed by atoms with van der Waals surface area (Å²) in [5.74, 6) is -0.843. The van der Waals surface area contributed by atoms with Gasteiger partial charge in [0.15, 0.2) is 0 Å². The van der Waals surface area contributed by atoms with Crippen LogP contribution in [0.1, 0.15) is 33.6 Å². The first-order chi connectivity index (χ1) is 8.78. The number of carboxylic acid groups (broad SMARTS) is 1. The lowest BCUT2D eigenvalue weighted by Gasteiger charge is -2.32. The van der Waals surface area contributed by atoms with Gasteiger partial charge in [0.2, 0.25) is 5.91 Å². The van der Waals surface area contributed by atoms with Crippen molar-refractivity contribution >= 4 is 11.9 Å². The molecule has 1 rings (SSSR count). The number of morpholine rings is 1. The van der Waals surface area contributed by atoms with Crippen molar-refractivity contribution < 1.29 is 19.4 Å². The van der Waals surface area contributed by atoms with Gasteiger partial charge in [-0.1, -0.05) is 0 Å². The SMILES string of the molecule is CC(C)(C)NCCC(=O)N1CCOC(CC(=O)O)C1. The van der Waals surface area contributed by atoms with Crippen LogP contribution in [-0.2, 0) is 14.3 Å². The standard InChI is InChI=1S/C13H24N2O4/c1-13(2,3)14-5-4-11(16)15-6-7-19-10(9-15)8-12(17)18/h10,14H,4-9H2,1-3H3,(H,17,18). The molecule has 0 saturated carbocycles. The fourth-order valence-corrected chi connectivity index (χ4v) is 1.97. The van der Waals surface area contributed by atoms with E-state index in [0.29, 0.717) is 32.7 Å². The fourth-order valence-electron chi connectivity index (χ4n) is 1.97. The minimum absolute atomic E-state index is 0.00285. The van der Waals surface area contributed by atoms with Gasteiger partial charge in [0.1, 0.15) is 0 Å². The summed E-state index contributed by atoms with van der Waals surface area (Å²) in [4.78, 5) is 24.3. The second-order valence-corrected chi connectivity index (χ2v) is 5.86. The van der Waals surface area contributed by atoms with Crippen molar-refractivity contribution in [2.24, 2.45) is 0 Å². The number of carbonyl (C=O) groups excluding carboxylic acids is 1. The van der Waals surface area contributed by atoms with Crippen molar-refractivity contribution in [2.75, 3.05) is 26.2 Å². The van der Waals surface area contributed by atoms with E-state index in [1.165, 1.54) is 0 Å². The molecule has 0 aromatic heterocycles. The van der Waals surface area contributed by atoms with E-state index in [2.05, 4.69) is 26.1 Å². The Morgan fingerprint density at radius 2 is 2.11 bits per heavy atom. The molecule has 0 aliphatic carbocycles. The van der Waals surface area contributed by atoms with Crippen LogP contribution in [-0.4, -0.2) is 59.8 Å². The molecule has 0 radical (unpaired) electrons. The molecule has 1 amide bonds. The number of carbonyl (C=O) groups is 2. The summed E-state index contributed by atoms with van der Waals surface area (Å²) in [5, 5.41) is 12.0. The van der Waals surface area contributed by atoms with E-state index in [0.717, 1.165) is 0 Å². The molecule has 1 heterocycles. The minimum Gasteiger partial charge on any atom is -0.481 e. The van der Waals surface area contributed by atoms with Crippen molar-refractivity contribution in [2.45, 2.75) is 45.3 Å². The third-order valence-corrected chi connectivity index (χ3v) is 2.89. The van der Waals surface area contributed by atoms with Crippen LogP contribution >= 0.6 is 0 Å². The van der Waals surface area contributed by atoms with Gasteiger partial charge in [0.05, 0.1) is 19.1 Å². The van der Waals surface area contributed by atoms with Crippen LogP contribution in [0.5, 0.6) is 0 Å². The predicted molar refractivity (Wildman–Crippen MR) is 70.9 cm³/mol. The number of rotatable bonds is 5. The van der Waals surface area contributed by atoms with Crippen molar-refractivity contribution in [3.63, 3.8) is 0 Å². The van der Waals surface area contributed by atoms with E-state index < -0.39 is 5.97 Å². The topological polar surface area (TPSA) is 78.9 Å². The van der Waals surface area contributed by atoms with Crippen LogP contribution in [0.3, 0.4) is 0 Å². The molecular formula is C13H24N2O4. The van der Waals surface area contributed by atoms with E-state index in [9.17, 15) is 9.59 Å². The van der Waals surface area contributed by atoms with Crippen LogP contribution < -0.4 is 5.32 Å². The summed E-state index contributed by atoms with van der Waals surface area (Å²) in [6.07, 6.45) is -0.00747. The first-order valence-corrected chi connectivity index (χ1v) is 6.64. The zero-order valence-electron chi connectivity index (χ0n) is 11.9. The third-order valence-electron chi connectivity index (χ3n) is 2.89. The van der Waals surface area contributed by atoms with Gasteiger partial charge in [0, 0.05) is 31.6 Å². The Morgan fingerprint density at radius 3 is 2.68 bits per heavy atom. The summed E-state index contributed by atoms with van der Waals surface area (Å²) < 4.78 is 5.34. The molecule has 1 unspecified atom stereocenters. The number of ether oxygens (including phenoxy) is 1. The normalized spacial score (nSPS) is 20.4. The number of nitrogens with one attached hydrogen (secondary N) is 1. The quantitative estimate of drug-likeness (QED) is 0.760. The highest BCUT2D eigenvalue weighted by Gasteiger charge is 2.25. The third kappa shape index (κ3) is 6.54.